The van der Waals surface area contributed by atoms with Gasteiger partial charge < -0.3 is 14.8 Å². The average molecular weight is 385 g/mol. The highest BCUT2D eigenvalue weighted by atomic mass is 16.6. The Morgan fingerprint density at radius 1 is 1.18 bits per heavy atom. The number of benzene rings is 2. The van der Waals surface area contributed by atoms with Gasteiger partial charge in [-0.15, -0.1) is 0 Å². The smallest absolute Gasteiger partial charge is 0.271 e. The summed E-state index contributed by atoms with van der Waals surface area (Å²) in [6.07, 6.45) is 1.21. The molecule has 2 aromatic carbocycles. The zero-order chi connectivity index (χ0) is 20.1. The summed E-state index contributed by atoms with van der Waals surface area (Å²) in [6.45, 7) is 2.24. The van der Waals surface area contributed by atoms with Gasteiger partial charge in [0, 0.05) is 38.2 Å². The summed E-state index contributed by atoms with van der Waals surface area (Å²) in [5.74, 6) is 1.00. The number of nitro benzene ring substituents is 1. The lowest BCUT2D eigenvalue weighted by Crippen LogP contribution is -2.33. The molecule has 0 aliphatic carbocycles. The Kier molecular flexibility index (Phi) is 6.10. The van der Waals surface area contributed by atoms with Crippen molar-refractivity contribution in [3.8, 4) is 11.5 Å². The van der Waals surface area contributed by atoms with Crippen LogP contribution in [0.2, 0.25) is 0 Å². The Bertz CT molecular complexity index is 884. The fourth-order valence-electron chi connectivity index (χ4n) is 3.29. The molecule has 0 aromatic heterocycles. The number of anilines is 1. The number of hydrogen-bond donors (Lipinski definition) is 1. The van der Waals surface area contributed by atoms with E-state index in [4.69, 9.17) is 9.47 Å². The first kappa shape index (κ1) is 19.6. The Hall–Kier alpha value is -3.13. The number of nitro groups is 1. The topological polar surface area (TPSA) is 93.9 Å². The van der Waals surface area contributed by atoms with Gasteiger partial charge in [-0.05, 0) is 35.7 Å². The molecule has 0 atom stereocenters. The summed E-state index contributed by atoms with van der Waals surface area (Å²) in [6, 6.07) is 10.2. The maximum absolute atomic E-state index is 12.4. The predicted molar refractivity (Wildman–Crippen MR) is 105 cm³/mol. The maximum atomic E-state index is 12.4. The van der Waals surface area contributed by atoms with E-state index in [9.17, 15) is 14.9 Å². The molecule has 8 nitrogen and oxygen atoms in total. The standard InChI is InChI=1S/C20H23N3O5/c1-27-17-5-3-14-7-9-22(13-15(14)11-17)10-8-20(24)21-18-12-16(23(25)26)4-6-19(18)28-2/h3-6,11-12H,7-10,13H2,1-2H3,(H,21,24). The Balaban J connectivity index is 1.59. The number of rotatable bonds is 7. The van der Waals surface area contributed by atoms with Crippen molar-refractivity contribution in [2.75, 3.05) is 32.6 Å². The molecule has 0 fully saturated rings. The SMILES string of the molecule is COc1ccc2c(c1)CN(CCC(=O)Nc1cc([N+](=O)[O-])ccc1OC)CC2. The number of nitrogens with zero attached hydrogens (tertiary/aromatic N) is 2. The quantitative estimate of drug-likeness (QED) is 0.582. The number of fused-ring (bicyclic) bond motifs is 1. The molecule has 8 heteroatoms. The van der Waals surface area contributed by atoms with Gasteiger partial charge in [-0.2, -0.15) is 0 Å². The van der Waals surface area contributed by atoms with Crippen molar-refractivity contribution in [1.29, 1.82) is 0 Å². The number of ether oxygens (including phenoxy) is 2. The van der Waals surface area contributed by atoms with Gasteiger partial charge in [0.1, 0.15) is 11.5 Å². The molecule has 0 radical (unpaired) electrons. The van der Waals surface area contributed by atoms with Crippen LogP contribution in [0.25, 0.3) is 0 Å². The molecule has 0 saturated heterocycles. The lowest BCUT2D eigenvalue weighted by molar-refractivity contribution is -0.384. The van der Waals surface area contributed by atoms with Gasteiger partial charge in [-0.1, -0.05) is 6.07 Å². The molecule has 0 bridgehead atoms. The molecular formula is C20H23N3O5. The molecule has 1 aliphatic heterocycles. The van der Waals surface area contributed by atoms with E-state index in [-0.39, 0.29) is 18.0 Å². The van der Waals surface area contributed by atoms with Crippen LogP contribution in [-0.2, 0) is 17.8 Å². The van der Waals surface area contributed by atoms with Crippen LogP contribution in [0.4, 0.5) is 11.4 Å². The third-order valence-corrected chi connectivity index (χ3v) is 4.83. The summed E-state index contributed by atoms with van der Waals surface area (Å²) < 4.78 is 10.5. The Labute approximate surface area is 163 Å². The molecule has 0 unspecified atom stereocenters. The second-order valence-corrected chi connectivity index (χ2v) is 6.60. The molecule has 2 aromatic rings. The van der Waals surface area contributed by atoms with Gasteiger partial charge in [0.2, 0.25) is 5.91 Å². The maximum Gasteiger partial charge on any atom is 0.271 e. The second kappa shape index (κ2) is 8.71. The van der Waals surface area contributed by atoms with E-state index in [0.717, 1.165) is 25.3 Å². The van der Waals surface area contributed by atoms with Gasteiger partial charge in [0.15, 0.2) is 0 Å². The van der Waals surface area contributed by atoms with Crippen LogP contribution in [0, 0.1) is 10.1 Å². The predicted octanol–water partition coefficient (Wildman–Crippen LogP) is 3.00. The molecule has 3 rings (SSSR count). The van der Waals surface area contributed by atoms with Crippen LogP contribution in [0.15, 0.2) is 36.4 Å². The van der Waals surface area contributed by atoms with Crippen molar-refractivity contribution in [2.45, 2.75) is 19.4 Å². The van der Waals surface area contributed by atoms with Crippen LogP contribution < -0.4 is 14.8 Å². The van der Waals surface area contributed by atoms with Crippen LogP contribution in [0.3, 0.4) is 0 Å². The normalized spacial score (nSPS) is 13.5. The minimum atomic E-state index is -0.505. The summed E-state index contributed by atoms with van der Waals surface area (Å²) in [5, 5.41) is 13.7. The highest BCUT2D eigenvalue weighted by Crippen LogP contribution is 2.29. The molecule has 0 spiro atoms. The molecule has 0 saturated carbocycles. The van der Waals surface area contributed by atoms with E-state index >= 15 is 0 Å². The fraction of sp³-hybridized carbons (Fsp3) is 0.350. The zero-order valence-corrected chi connectivity index (χ0v) is 15.9. The van der Waals surface area contributed by atoms with E-state index in [0.29, 0.717) is 18.0 Å². The number of methoxy groups -OCH3 is 2. The Morgan fingerprint density at radius 3 is 2.71 bits per heavy atom. The van der Waals surface area contributed by atoms with Crippen molar-refractivity contribution in [3.63, 3.8) is 0 Å². The molecule has 1 aliphatic rings. The van der Waals surface area contributed by atoms with Gasteiger partial charge in [0.05, 0.1) is 24.8 Å². The lowest BCUT2D eigenvalue weighted by atomic mass is 9.99. The number of hydrogen-bond acceptors (Lipinski definition) is 6. The minimum Gasteiger partial charge on any atom is -0.497 e. The van der Waals surface area contributed by atoms with Crippen molar-refractivity contribution in [3.05, 3.63) is 57.6 Å². The number of amides is 1. The molecular weight excluding hydrogens is 362 g/mol. The summed E-state index contributed by atoms with van der Waals surface area (Å²) >= 11 is 0. The molecule has 1 heterocycles. The van der Waals surface area contributed by atoms with Crippen LogP contribution >= 0.6 is 0 Å². The minimum absolute atomic E-state index is 0.0994. The zero-order valence-electron chi connectivity index (χ0n) is 15.9. The van der Waals surface area contributed by atoms with E-state index in [1.54, 1.807) is 7.11 Å². The van der Waals surface area contributed by atoms with E-state index in [1.165, 1.54) is 36.4 Å². The average Bonchev–Trinajstić information content (AvgIpc) is 2.71. The third kappa shape index (κ3) is 4.58. The number of non-ortho nitro benzene ring substituents is 1. The Morgan fingerprint density at radius 2 is 2.00 bits per heavy atom. The number of carbonyl (C=O) groups excluding carboxylic acids is 1. The first-order chi connectivity index (χ1) is 13.5. The van der Waals surface area contributed by atoms with Gasteiger partial charge in [-0.3, -0.25) is 19.8 Å². The van der Waals surface area contributed by atoms with Crippen LogP contribution in [0.5, 0.6) is 11.5 Å². The summed E-state index contributed by atoms with van der Waals surface area (Å²) in [7, 11) is 3.10. The number of carbonyl (C=O) groups is 1. The summed E-state index contributed by atoms with van der Waals surface area (Å²) in [5.41, 5.74) is 2.72. The monoisotopic (exact) mass is 385 g/mol. The van der Waals surface area contributed by atoms with E-state index in [1.807, 2.05) is 12.1 Å². The molecule has 28 heavy (non-hydrogen) atoms. The highest BCUT2D eigenvalue weighted by Gasteiger charge is 2.18. The first-order valence-electron chi connectivity index (χ1n) is 9.00. The fourth-order valence-corrected chi connectivity index (χ4v) is 3.29. The number of nitrogens with one attached hydrogen (secondary N) is 1. The highest BCUT2D eigenvalue weighted by molar-refractivity contribution is 5.92. The summed E-state index contributed by atoms with van der Waals surface area (Å²) in [4.78, 5) is 25.0. The van der Waals surface area contributed by atoms with Crippen LogP contribution in [0.1, 0.15) is 17.5 Å². The van der Waals surface area contributed by atoms with Crippen molar-refractivity contribution < 1.29 is 19.2 Å². The van der Waals surface area contributed by atoms with Crippen molar-refractivity contribution >= 4 is 17.3 Å². The van der Waals surface area contributed by atoms with Crippen molar-refractivity contribution in [2.24, 2.45) is 0 Å². The second-order valence-electron chi connectivity index (χ2n) is 6.60. The van der Waals surface area contributed by atoms with Gasteiger partial charge in [0.25, 0.3) is 5.69 Å². The largest absolute Gasteiger partial charge is 0.497 e. The lowest BCUT2D eigenvalue weighted by Gasteiger charge is -2.28. The van der Waals surface area contributed by atoms with Crippen LogP contribution in [-0.4, -0.2) is 43.0 Å². The van der Waals surface area contributed by atoms with E-state index in [2.05, 4.69) is 16.3 Å². The third-order valence-electron chi connectivity index (χ3n) is 4.83. The van der Waals surface area contributed by atoms with E-state index < -0.39 is 4.92 Å². The first-order valence-corrected chi connectivity index (χ1v) is 9.00. The van der Waals surface area contributed by atoms with Gasteiger partial charge in [-0.25, -0.2) is 0 Å². The van der Waals surface area contributed by atoms with Gasteiger partial charge >= 0.3 is 0 Å². The molecule has 1 N–H and O–H groups in total. The molecule has 1 amide bonds. The molecule has 148 valence electrons. The van der Waals surface area contributed by atoms with Crippen molar-refractivity contribution in [1.82, 2.24) is 4.90 Å².